The standard InChI is InChI=1S/C15H24N4O/c1-13-5-6-14(17-16-13)19-10-7-15(20,12-19)11-18-8-3-2-4-9-18/h5-6,20H,2-4,7-12H2,1H3/t15-/m1/s1. The number of aliphatic hydroxyl groups is 1. The Bertz CT molecular complexity index is 444. The minimum Gasteiger partial charge on any atom is -0.387 e. The highest BCUT2D eigenvalue weighted by Gasteiger charge is 2.38. The second kappa shape index (κ2) is 5.66. The Balaban J connectivity index is 1.61. The van der Waals surface area contributed by atoms with Crippen LogP contribution in [0.25, 0.3) is 0 Å². The van der Waals surface area contributed by atoms with Gasteiger partial charge in [0.1, 0.15) is 0 Å². The summed E-state index contributed by atoms with van der Waals surface area (Å²) in [5.41, 5.74) is 0.334. The number of hydrogen-bond donors (Lipinski definition) is 1. The molecular formula is C15H24N4O. The maximum atomic E-state index is 10.8. The second-order valence-electron chi connectivity index (χ2n) is 6.27. The number of nitrogens with zero attached hydrogens (tertiary/aromatic N) is 4. The van der Waals surface area contributed by atoms with Crippen LogP contribution in [-0.2, 0) is 0 Å². The molecule has 5 nitrogen and oxygen atoms in total. The molecule has 0 spiro atoms. The SMILES string of the molecule is Cc1ccc(N2CC[C@@](O)(CN3CCCCC3)C2)nn1. The van der Waals surface area contributed by atoms with E-state index in [1.54, 1.807) is 0 Å². The predicted molar refractivity (Wildman–Crippen MR) is 78.8 cm³/mol. The summed E-state index contributed by atoms with van der Waals surface area (Å²) < 4.78 is 0. The van der Waals surface area contributed by atoms with Gasteiger partial charge < -0.3 is 14.9 Å². The van der Waals surface area contributed by atoms with Crippen molar-refractivity contribution in [2.45, 2.75) is 38.2 Å². The molecule has 1 aromatic heterocycles. The molecule has 0 unspecified atom stereocenters. The second-order valence-corrected chi connectivity index (χ2v) is 6.27. The molecule has 1 aromatic rings. The van der Waals surface area contributed by atoms with Crippen molar-refractivity contribution in [3.05, 3.63) is 17.8 Å². The highest BCUT2D eigenvalue weighted by atomic mass is 16.3. The van der Waals surface area contributed by atoms with Gasteiger partial charge in [-0.25, -0.2) is 0 Å². The Kier molecular flexibility index (Phi) is 3.89. The van der Waals surface area contributed by atoms with Crippen molar-refractivity contribution in [1.29, 1.82) is 0 Å². The molecule has 0 aromatic carbocycles. The molecule has 1 atom stereocenters. The molecule has 0 radical (unpaired) electrons. The molecule has 1 N–H and O–H groups in total. The molecule has 2 saturated heterocycles. The van der Waals surface area contributed by atoms with Gasteiger partial charge in [-0.15, -0.1) is 5.10 Å². The van der Waals surface area contributed by atoms with Crippen LogP contribution in [0, 0.1) is 6.92 Å². The van der Waals surface area contributed by atoms with Crippen LogP contribution in [0.5, 0.6) is 0 Å². The maximum absolute atomic E-state index is 10.8. The predicted octanol–water partition coefficient (Wildman–Crippen LogP) is 1.21. The van der Waals surface area contributed by atoms with Crippen molar-refractivity contribution in [3.8, 4) is 0 Å². The smallest absolute Gasteiger partial charge is 0.151 e. The van der Waals surface area contributed by atoms with E-state index in [2.05, 4.69) is 20.0 Å². The van der Waals surface area contributed by atoms with Gasteiger partial charge in [-0.05, 0) is 51.4 Å². The average Bonchev–Trinajstić information content (AvgIpc) is 2.83. The Morgan fingerprint density at radius 2 is 1.95 bits per heavy atom. The van der Waals surface area contributed by atoms with Gasteiger partial charge in [0.2, 0.25) is 0 Å². The number of aromatic nitrogens is 2. The summed E-state index contributed by atoms with van der Waals surface area (Å²) in [5.74, 6) is 0.880. The van der Waals surface area contributed by atoms with Gasteiger partial charge in [-0.3, -0.25) is 0 Å². The van der Waals surface area contributed by atoms with E-state index < -0.39 is 5.60 Å². The number of likely N-dealkylation sites (tertiary alicyclic amines) is 1. The summed E-state index contributed by atoms with van der Waals surface area (Å²) >= 11 is 0. The fourth-order valence-corrected chi connectivity index (χ4v) is 3.28. The first-order valence-electron chi connectivity index (χ1n) is 7.65. The molecule has 0 aliphatic carbocycles. The Morgan fingerprint density at radius 3 is 2.65 bits per heavy atom. The third-order valence-corrected chi connectivity index (χ3v) is 4.41. The van der Waals surface area contributed by atoms with E-state index >= 15 is 0 Å². The maximum Gasteiger partial charge on any atom is 0.151 e. The summed E-state index contributed by atoms with van der Waals surface area (Å²) in [6.07, 6.45) is 4.69. The van der Waals surface area contributed by atoms with Gasteiger partial charge in [0, 0.05) is 19.6 Å². The highest BCUT2D eigenvalue weighted by Crippen LogP contribution is 2.27. The van der Waals surface area contributed by atoms with E-state index in [4.69, 9.17) is 0 Å². The quantitative estimate of drug-likeness (QED) is 0.899. The topological polar surface area (TPSA) is 52.5 Å². The monoisotopic (exact) mass is 276 g/mol. The molecule has 5 heteroatoms. The molecule has 0 saturated carbocycles. The summed E-state index contributed by atoms with van der Waals surface area (Å²) in [5, 5.41) is 19.1. The minimum absolute atomic E-state index is 0.593. The Morgan fingerprint density at radius 1 is 1.15 bits per heavy atom. The van der Waals surface area contributed by atoms with Gasteiger partial charge in [0.25, 0.3) is 0 Å². The Labute approximate surface area is 120 Å². The number of hydrogen-bond acceptors (Lipinski definition) is 5. The molecule has 20 heavy (non-hydrogen) atoms. The molecule has 2 fully saturated rings. The van der Waals surface area contributed by atoms with Crippen molar-refractivity contribution in [2.75, 3.05) is 37.6 Å². The van der Waals surface area contributed by atoms with E-state index in [-0.39, 0.29) is 0 Å². The molecule has 0 amide bonds. The fraction of sp³-hybridized carbons (Fsp3) is 0.733. The summed E-state index contributed by atoms with van der Waals surface area (Å²) in [6.45, 7) is 6.53. The molecule has 0 bridgehead atoms. The van der Waals surface area contributed by atoms with Crippen molar-refractivity contribution < 1.29 is 5.11 Å². The summed E-state index contributed by atoms with van der Waals surface area (Å²) in [6, 6.07) is 3.97. The molecule has 110 valence electrons. The van der Waals surface area contributed by atoms with Gasteiger partial charge >= 0.3 is 0 Å². The van der Waals surface area contributed by atoms with Crippen molar-refractivity contribution >= 4 is 5.82 Å². The van der Waals surface area contributed by atoms with Crippen LogP contribution >= 0.6 is 0 Å². The van der Waals surface area contributed by atoms with Gasteiger partial charge in [0.15, 0.2) is 5.82 Å². The van der Waals surface area contributed by atoms with E-state index in [1.807, 2.05) is 19.1 Å². The average molecular weight is 276 g/mol. The number of rotatable bonds is 3. The van der Waals surface area contributed by atoms with Crippen LogP contribution in [-0.4, -0.2) is 58.5 Å². The lowest BCUT2D eigenvalue weighted by Gasteiger charge is -2.33. The molecule has 2 aliphatic rings. The number of anilines is 1. The largest absolute Gasteiger partial charge is 0.387 e. The van der Waals surface area contributed by atoms with Crippen LogP contribution in [0.3, 0.4) is 0 Å². The first-order chi connectivity index (χ1) is 9.65. The van der Waals surface area contributed by atoms with Crippen LogP contribution in [0.15, 0.2) is 12.1 Å². The first kappa shape index (κ1) is 13.8. The lowest BCUT2D eigenvalue weighted by Crippen LogP contribution is -2.46. The number of β-amino-alcohol motifs (C(OH)–C–C–N with tert-alkyl or cyclic N) is 1. The van der Waals surface area contributed by atoms with Crippen LogP contribution in [0.2, 0.25) is 0 Å². The van der Waals surface area contributed by atoms with Crippen molar-refractivity contribution in [1.82, 2.24) is 15.1 Å². The van der Waals surface area contributed by atoms with E-state index in [9.17, 15) is 5.11 Å². The van der Waals surface area contributed by atoms with E-state index in [0.29, 0.717) is 6.54 Å². The third-order valence-electron chi connectivity index (χ3n) is 4.41. The van der Waals surface area contributed by atoms with Gasteiger partial charge in [-0.2, -0.15) is 5.10 Å². The summed E-state index contributed by atoms with van der Waals surface area (Å²) in [4.78, 5) is 4.56. The Hall–Kier alpha value is -1.20. The zero-order chi connectivity index (χ0) is 14.0. The van der Waals surface area contributed by atoms with Crippen molar-refractivity contribution in [2.24, 2.45) is 0 Å². The highest BCUT2D eigenvalue weighted by molar-refractivity contribution is 5.39. The normalized spacial score (nSPS) is 28.0. The van der Waals surface area contributed by atoms with Crippen LogP contribution < -0.4 is 4.90 Å². The molecule has 2 aliphatic heterocycles. The zero-order valence-corrected chi connectivity index (χ0v) is 12.3. The van der Waals surface area contributed by atoms with E-state index in [1.165, 1.54) is 19.3 Å². The zero-order valence-electron chi connectivity index (χ0n) is 12.3. The minimum atomic E-state index is -0.593. The van der Waals surface area contributed by atoms with Crippen LogP contribution in [0.4, 0.5) is 5.82 Å². The molecular weight excluding hydrogens is 252 g/mol. The fourth-order valence-electron chi connectivity index (χ4n) is 3.28. The number of aryl methyl sites for hydroxylation is 1. The summed E-state index contributed by atoms with van der Waals surface area (Å²) in [7, 11) is 0. The van der Waals surface area contributed by atoms with Gasteiger partial charge in [0.05, 0.1) is 11.3 Å². The van der Waals surface area contributed by atoms with E-state index in [0.717, 1.165) is 44.1 Å². The number of piperidine rings is 1. The third kappa shape index (κ3) is 3.10. The first-order valence-corrected chi connectivity index (χ1v) is 7.65. The van der Waals surface area contributed by atoms with Crippen molar-refractivity contribution in [3.63, 3.8) is 0 Å². The van der Waals surface area contributed by atoms with Crippen LogP contribution in [0.1, 0.15) is 31.4 Å². The lowest BCUT2D eigenvalue weighted by molar-refractivity contribution is 0.0169. The molecule has 3 rings (SSSR count). The van der Waals surface area contributed by atoms with Gasteiger partial charge in [-0.1, -0.05) is 6.42 Å². The lowest BCUT2D eigenvalue weighted by atomic mass is 10.0. The molecule has 3 heterocycles.